The molecule has 5 unspecified atom stereocenters. The normalized spacial score (nSPS) is 18.5. The van der Waals surface area contributed by atoms with Gasteiger partial charge >= 0.3 is 0 Å². The van der Waals surface area contributed by atoms with Crippen molar-refractivity contribution in [2.75, 3.05) is 13.2 Å². The zero-order chi connectivity index (χ0) is 49.2. The Morgan fingerprint density at radius 3 is 1.61 bits per heavy atom. The van der Waals surface area contributed by atoms with Crippen LogP contribution in [0.3, 0.4) is 0 Å². The molecule has 2 fully saturated rings. The van der Waals surface area contributed by atoms with Crippen LogP contribution < -0.4 is 9.47 Å². The second kappa shape index (κ2) is 22.7. The molecule has 1 aromatic heterocycles. The average Bonchev–Trinajstić information content (AvgIpc) is 4.08. The fraction of sp³-hybridized carbons (Fsp3) is 0.281. The fourth-order valence-electron chi connectivity index (χ4n) is 11.1. The molecule has 2 N–H and O–H groups in total. The van der Waals surface area contributed by atoms with Crippen LogP contribution in [0.2, 0.25) is 0 Å². The molecule has 7 aromatic carbocycles. The van der Waals surface area contributed by atoms with Crippen LogP contribution in [0.5, 0.6) is 23.0 Å². The number of ether oxygens (including phenoxy) is 2. The maximum atomic E-state index is 13.1. The number of carbonyl (C=O) groups excluding carboxylic acids is 1. The molecular formula is C64H63N3O5. The minimum atomic E-state index is -0.215. The number of hydrogen-bond acceptors (Lipinski definition) is 8. The van der Waals surface area contributed by atoms with Gasteiger partial charge in [-0.3, -0.25) is 4.79 Å². The van der Waals surface area contributed by atoms with Gasteiger partial charge in [0.2, 0.25) is 0 Å². The topological polar surface area (TPSA) is 115 Å². The van der Waals surface area contributed by atoms with Gasteiger partial charge < -0.3 is 19.7 Å². The van der Waals surface area contributed by atoms with Gasteiger partial charge in [-0.15, -0.1) is 0 Å². The molecule has 72 heavy (non-hydrogen) atoms. The summed E-state index contributed by atoms with van der Waals surface area (Å²) in [5.41, 5.74) is 7.42. The van der Waals surface area contributed by atoms with E-state index in [1.54, 1.807) is 36.4 Å². The molecule has 8 nitrogen and oxygen atoms in total. The largest absolute Gasteiger partial charge is 0.507 e. The number of aromatic hydroxyl groups is 2. The van der Waals surface area contributed by atoms with Gasteiger partial charge in [0.1, 0.15) is 23.0 Å². The molecule has 0 radical (unpaired) electrons. The summed E-state index contributed by atoms with van der Waals surface area (Å²) in [7, 11) is 0. The SMILES string of the molecule is CCC1CCC(CCC2CC(CCCOc3ccc(-c4nc(-c5ccc(-c6ccccc6)cc5)nc(-c5ccc(-c6ccccc6)cc5)n4)c(O)c3)C(COc3ccc(C(=O)c4ccccc4)c(O)c3)C2)C1. The van der Waals surface area contributed by atoms with Gasteiger partial charge in [-0.1, -0.05) is 179 Å². The molecule has 0 saturated heterocycles. The summed E-state index contributed by atoms with van der Waals surface area (Å²) in [6.07, 6.45) is 12.2. The lowest BCUT2D eigenvalue weighted by molar-refractivity contribution is 0.103. The van der Waals surface area contributed by atoms with Gasteiger partial charge in [-0.05, 0) is 108 Å². The third-order valence-corrected chi connectivity index (χ3v) is 15.2. The molecule has 1 heterocycles. The van der Waals surface area contributed by atoms with Crippen molar-refractivity contribution in [2.24, 2.45) is 29.6 Å². The highest BCUT2D eigenvalue weighted by Gasteiger charge is 2.35. The van der Waals surface area contributed by atoms with E-state index in [2.05, 4.69) is 55.5 Å². The van der Waals surface area contributed by atoms with Crippen LogP contribution in [0.1, 0.15) is 87.1 Å². The van der Waals surface area contributed by atoms with Gasteiger partial charge in [0.25, 0.3) is 0 Å². The van der Waals surface area contributed by atoms with E-state index in [-0.39, 0.29) is 22.8 Å². The van der Waals surface area contributed by atoms with Crippen molar-refractivity contribution in [2.45, 2.75) is 71.1 Å². The summed E-state index contributed by atoms with van der Waals surface area (Å²) in [4.78, 5) is 27.9. The Balaban J connectivity index is 0.814. The predicted molar refractivity (Wildman–Crippen MR) is 287 cm³/mol. The number of carbonyl (C=O) groups is 1. The fourth-order valence-corrected chi connectivity index (χ4v) is 11.1. The summed E-state index contributed by atoms with van der Waals surface area (Å²) >= 11 is 0. The summed E-state index contributed by atoms with van der Waals surface area (Å²) < 4.78 is 12.7. The molecule has 2 aliphatic rings. The third-order valence-electron chi connectivity index (χ3n) is 15.2. The van der Waals surface area contributed by atoms with E-state index in [1.165, 1.54) is 44.9 Å². The number of benzene rings is 7. The second-order valence-corrected chi connectivity index (χ2v) is 19.9. The van der Waals surface area contributed by atoms with E-state index in [1.807, 2.05) is 91.0 Å². The smallest absolute Gasteiger partial charge is 0.196 e. The number of phenolic OH excluding ortho intramolecular Hbond substituents is 2. The molecule has 0 spiro atoms. The number of rotatable bonds is 19. The molecule has 2 saturated carbocycles. The zero-order valence-corrected chi connectivity index (χ0v) is 41.1. The van der Waals surface area contributed by atoms with Crippen LogP contribution in [-0.4, -0.2) is 44.2 Å². The number of ketones is 1. The molecular weight excluding hydrogens is 891 g/mol. The molecule has 0 aliphatic heterocycles. The van der Waals surface area contributed by atoms with Crippen molar-refractivity contribution < 1.29 is 24.5 Å². The Bertz CT molecular complexity index is 2950. The average molecular weight is 954 g/mol. The van der Waals surface area contributed by atoms with Gasteiger partial charge in [-0.25, -0.2) is 15.0 Å². The van der Waals surface area contributed by atoms with E-state index in [0.717, 1.165) is 64.5 Å². The van der Waals surface area contributed by atoms with Gasteiger partial charge in [0, 0.05) is 28.8 Å². The van der Waals surface area contributed by atoms with Crippen molar-refractivity contribution in [3.05, 3.63) is 187 Å². The quantitative estimate of drug-likeness (QED) is 0.0608. The molecule has 5 atom stereocenters. The lowest BCUT2D eigenvalue weighted by Crippen LogP contribution is -2.17. The first-order chi connectivity index (χ1) is 35.3. The first-order valence-corrected chi connectivity index (χ1v) is 25.9. The van der Waals surface area contributed by atoms with Crippen LogP contribution in [0.4, 0.5) is 0 Å². The Morgan fingerprint density at radius 2 is 1.01 bits per heavy atom. The molecule has 10 rings (SSSR count). The summed E-state index contributed by atoms with van der Waals surface area (Å²) in [6.45, 7) is 3.40. The first kappa shape index (κ1) is 48.1. The Kier molecular flexibility index (Phi) is 15.1. The monoisotopic (exact) mass is 953 g/mol. The highest BCUT2D eigenvalue weighted by molar-refractivity contribution is 6.10. The van der Waals surface area contributed by atoms with E-state index < -0.39 is 0 Å². The number of phenols is 2. The van der Waals surface area contributed by atoms with Crippen LogP contribution in [0, 0.1) is 29.6 Å². The molecule has 8 aromatic rings. The number of nitrogens with zero attached hydrogens (tertiary/aromatic N) is 3. The molecule has 8 heteroatoms. The molecule has 0 amide bonds. The van der Waals surface area contributed by atoms with Crippen molar-refractivity contribution in [3.63, 3.8) is 0 Å². The van der Waals surface area contributed by atoms with Gasteiger partial charge in [0.15, 0.2) is 23.3 Å². The summed E-state index contributed by atoms with van der Waals surface area (Å²) in [5, 5.41) is 22.5. The van der Waals surface area contributed by atoms with E-state index >= 15 is 0 Å². The first-order valence-electron chi connectivity index (χ1n) is 25.9. The van der Waals surface area contributed by atoms with Crippen LogP contribution in [-0.2, 0) is 0 Å². The van der Waals surface area contributed by atoms with Crippen molar-refractivity contribution in [3.8, 4) is 79.4 Å². The third kappa shape index (κ3) is 11.6. The minimum absolute atomic E-state index is 0.0290. The second-order valence-electron chi connectivity index (χ2n) is 19.9. The lowest BCUT2D eigenvalue weighted by atomic mass is 9.91. The Hall–Kier alpha value is -7.58. The van der Waals surface area contributed by atoms with E-state index in [9.17, 15) is 15.0 Å². The molecule has 364 valence electrons. The predicted octanol–water partition coefficient (Wildman–Crippen LogP) is 15.3. The lowest BCUT2D eigenvalue weighted by Gasteiger charge is -2.20. The molecule has 2 aliphatic carbocycles. The highest BCUT2D eigenvalue weighted by Crippen LogP contribution is 2.44. The Morgan fingerprint density at radius 1 is 0.500 bits per heavy atom. The van der Waals surface area contributed by atoms with Crippen molar-refractivity contribution in [1.29, 1.82) is 0 Å². The van der Waals surface area contributed by atoms with Gasteiger partial charge in [-0.2, -0.15) is 0 Å². The standard InChI is InChI=1S/C64H63N3O5/c1-2-43-20-21-44(37-43)22-23-45-38-53(54(39-45)42-72-56-32-34-57(59(68)41-56)61(70)50-17-10-5-11-18-50)19-12-36-71-55-33-35-58(60(69)40-55)64-66-62(51-28-24-48(25-29-51)46-13-6-3-7-14-46)65-63(67-64)52-30-26-49(27-31-52)47-15-8-4-9-16-47/h3-11,13-18,24-35,40-41,43-45,53-54,68-69H,2,12,19-23,36-39,42H2,1H3. The summed E-state index contributed by atoms with van der Waals surface area (Å²) in [6, 6.07) is 56.4. The minimum Gasteiger partial charge on any atom is -0.507 e. The van der Waals surface area contributed by atoms with Crippen LogP contribution in [0.25, 0.3) is 56.4 Å². The molecule has 0 bridgehead atoms. The van der Waals surface area contributed by atoms with Crippen LogP contribution in [0.15, 0.2) is 176 Å². The Labute approximate surface area is 423 Å². The van der Waals surface area contributed by atoms with E-state index in [4.69, 9.17) is 24.4 Å². The van der Waals surface area contributed by atoms with Crippen molar-refractivity contribution >= 4 is 5.78 Å². The van der Waals surface area contributed by atoms with Crippen molar-refractivity contribution in [1.82, 2.24) is 15.0 Å². The highest BCUT2D eigenvalue weighted by atomic mass is 16.5. The summed E-state index contributed by atoms with van der Waals surface area (Å²) in [5.74, 6) is 5.54. The number of hydrogen-bond donors (Lipinski definition) is 2. The maximum absolute atomic E-state index is 13.1. The maximum Gasteiger partial charge on any atom is 0.196 e. The zero-order valence-electron chi connectivity index (χ0n) is 41.1. The van der Waals surface area contributed by atoms with Crippen LogP contribution >= 0.6 is 0 Å². The van der Waals surface area contributed by atoms with E-state index in [0.29, 0.717) is 71.1 Å². The number of aromatic nitrogens is 3. The van der Waals surface area contributed by atoms with Gasteiger partial charge in [0.05, 0.1) is 24.3 Å².